The van der Waals surface area contributed by atoms with Crippen LogP contribution in [0.1, 0.15) is 37.1 Å². The van der Waals surface area contributed by atoms with Gasteiger partial charge in [0.25, 0.3) is 0 Å². The molecule has 1 aliphatic heterocycles. The zero-order chi connectivity index (χ0) is 27.9. The molecule has 15 heteroatoms. The summed E-state index contributed by atoms with van der Waals surface area (Å²) in [6.45, 7) is 10.9. The van der Waals surface area contributed by atoms with Gasteiger partial charge in [0.15, 0.2) is 0 Å². The normalized spacial score (nSPS) is 15.9. The number of aliphatic hydroxyl groups is 1. The molecule has 2 N–H and O–H groups in total. The summed E-state index contributed by atoms with van der Waals surface area (Å²) in [4.78, 5) is 12.2. The molecular weight excluding hydrogens is 543 g/mol. The molecule has 0 saturated carbocycles. The maximum Gasteiger partial charge on any atom is 0.420 e. The molecule has 3 aromatic heterocycles. The molecule has 0 bridgehead atoms. The average molecular weight is 570 g/mol. The molecule has 0 unspecified atom stereocenters. The highest BCUT2D eigenvalue weighted by Crippen LogP contribution is 2.43. The topological polar surface area (TPSA) is 118 Å². The van der Waals surface area contributed by atoms with E-state index in [0.717, 1.165) is 11.3 Å². The zero-order valence-electron chi connectivity index (χ0n) is 20.8. The fourth-order valence-electron chi connectivity index (χ4n) is 4.10. The Morgan fingerprint density at radius 2 is 1.95 bits per heavy atom. The Balaban J connectivity index is 1.55. The molecule has 4 heterocycles. The van der Waals surface area contributed by atoms with Crippen molar-refractivity contribution in [3.8, 4) is 10.6 Å². The van der Waals surface area contributed by atoms with Gasteiger partial charge in [0.05, 0.1) is 24.1 Å². The predicted octanol–water partition coefficient (Wildman–Crippen LogP) is 4.09. The number of piperidine rings is 1. The summed E-state index contributed by atoms with van der Waals surface area (Å²) in [6.07, 6.45) is -0.403. The monoisotopic (exact) mass is 569 g/mol. The minimum absolute atomic E-state index is 0.0247. The third-order valence-electron chi connectivity index (χ3n) is 5.93. The number of nitrogens with zero attached hydrogens (tertiary/aromatic N) is 6. The van der Waals surface area contributed by atoms with E-state index >= 15 is 0 Å². The van der Waals surface area contributed by atoms with Gasteiger partial charge in [0.1, 0.15) is 10.5 Å². The molecule has 0 aliphatic carbocycles. The SMILES string of the molecule is [C-]#[N+]c1cc(-c2nc(NC3CCN(S(=O)(=O)c4cnn(C)c4)CC3)ncc2C(F)(F)F)sc1CC(C)(C)O. The number of nitrogens with one attached hydrogen (secondary N) is 1. The van der Waals surface area contributed by atoms with E-state index in [1.807, 2.05) is 0 Å². The van der Waals surface area contributed by atoms with Crippen LogP contribution in [0.15, 0.2) is 29.6 Å². The Morgan fingerprint density at radius 3 is 2.50 bits per heavy atom. The predicted molar refractivity (Wildman–Crippen MR) is 135 cm³/mol. The van der Waals surface area contributed by atoms with Gasteiger partial charge in [-0.15, -0.1) is 0 Å². The van der Waals surface area contributed by atoms with E-state index in [2.05, 4.69) is 25.2 Å². The molecule has 38 heavy (non-hydrogen) atoms. The van der Waals surface area contributed by atoms with Gasteiger partial charge in [-0.3, -0.25) is 4.68 Å². The maximum atomic E-state index is 13.8. The van der Waals surface area contributed by atoms with Crippen LogP contribution in [0.5, 0.6) is 0 Å². The molecule has 204 valence electrons. The van der Waals surface area contributed by atoms with Crippen LogP contribution in [-0.2, 0) is 29.7 Å². The zero-order valence-corrected chi connectivity index (χ0v) is 22.5. The van der Waals surface area contributed by atoms with Crippen LogP contribution in [0.4, 0.5) is 24.8 Å². The summed E-state index contributed by atoms with van der Waals surface area (Å²) < 4.78 is 69.9. The fraction of sp³-hybridized carbons (Fsp3) is 0.478. The van der Waals surface area contributed by atoms with E-state index in [4.69, 9.17) is 6.57 Å². The molecule has 4 rings (SSSR count). The van der Waals surface area contributed by atoms with Crippen molar-refractivity contribution in [2.75, 3.05) is 18.4 Å². The molecule has 1 fully saturated rings. The van der Waals surface area contributed by atoms with Crippen molar-refractivity contribution in [1.82, 2.24) is 24.1 Å². The van der Waals surface area contributed by atoms with Crippen LogP contribution in [-0.4, -0.2) is 62.3 Å². The fourth-order valence-corrected chi connectivity index (χ4v) is 6.88. The number of hydrogen-bond acceptors (Lipinski definition) is 8. The molecule has 1 aliphatic rings. The van der Waals surface area contributed by atoms with Crippen LogP contribution >= 0.6 is 11.3 Å². The lowest BCUT2D eigenvalue weighted by atomic mass is 10.0. The second kappa shape index (κ2) is 10.3. The number of alkyl halides is 3. The maximum absolute atomic E-state index is 13.8. The molecule has 0 spiro atoms. The van der Waals surface area contributed by atoms with Crippen LogP contribution in [0, 0.1) is 6.57 Å². The van der Waals surface area contributed by atoms with Crippen LogP contribution in [0.25, 0.3) is 15.4 Å². The first-order valence-corrected chi connectivity index (χ1v) is 13.9. The molecular formula is C23H26F3N7O3S2. The number of aryl methyl sites for hydroxylation is 1. The van der Waals surface area contributed by atoms with Gasteiger partial charge in [-0.05, 0) is 32.8 Å². The first-order valence-electron chi connectivity index (χ1n) is 11.6. The molecule has 0 aromatic carbocycles. The highest BCUT2D eigenvalue weighted by atomic mass is 32.2. The molecule has 3 aromatic rings. The second-order valence-electron chi connectivity index (χ2n) is 9.65. The summed E-state index contributed by atoms with van der Waals surface area (Å²) in [5.74, 6) is -0.0247. The summed E-state index contributed by atoms with van der Waals surface area (Å²) in [7, 11) is -2.07. The van der Waals surface area contributed by atoms with Crippen molar-refractivity contribution in [3.05, 3.63) is 46.5 Å². The molecule has 0 atom stereocenters. The molecule has 10 nitrogen and oxygen atoms in total. The average Bonchev–Trinajstić information content (AvgIpc) is 3.44. The molecule has 0 radical (unpaired) electrons. The number of halogens is 3. The van der Waals surface area contributed by atoms with Crippen molar-refractivity contribution in [2.24, 2.45) is 7.05 Å². The van der Waals surface area contributed by atoms with E-state index in [-0.39, 0.29) is 52.7 Å². The second-order valence-corrected chi connectivity index (χ2v) is 12.7. The first kappa shape index (κ1) is 28.0. The third-order valence-corrected chi connectivity index (χ3v) is 8.92. The number of rotatable bonds is 7. The first-order chi connectivity index (χ1) is 17.7. The van der Waals surface area contributed by atoms with Gasteiger partial charge >= 0.3 is 6.18 Å². The number of aromatic nitrogens is 4. The highest BCUT2D eigenvalue weighted by Gasteiger charge is 2.37. The molecule has 1 saturated heterocycles. The number of hydrogen-bond donors (Lipinski definition) is 2. The van der Waals surface area contributed by atoms with Crippen molar-refractivity contribution in [3.63, 3.8) is 0 Å². The minimum Gasteiger partial charge on any atom is -0.390 e. The van der Waals surface area contributed by atoms with Crippen LogP contribution in [0.3, 0.4) is 0 Å². The van der Waals surface area contributed by atoms with Crippen LogP contribution in [0.2, 0.25) is 0 Å². The largest absolute Gasteiger partial charge is 0.420 e. The quantitative estimate of drug-likeness (QED) is 0.412. The Hall–Kier alpha value is -3.06. The Morgan fingerprint density at radius 1 is 1.26 bits per heavy atom. The minimum atomic E-state index is -4.72. The van der Waals surface area contributed by atoms with E-state index < -0.39 is 27.4 Å². The van der Waals surface area contributed by atoms with Crippen LogP contribution < -0.4 is 5.32 Å². The van der Waals surface area contributed by atoms with Gasteiger partial charge in [-0.25, -0.2) is 23.2 Å². The van der Waals surface area contributed by atoms with Crippen molar-refractivity contribution in [1.29, 1.82) is 0 Å². The van der Waals surface area contributed by atoms with Gasteiger partial charge in [0, 0.05) is 54.7 Å². The Bertz CT molecular complexity index is 1460. The van der Waals surface area contributed by atoms with E-state index in [0.29, 0.717) is 23.9 Å². The van der Waals surface area contributed by atoms with Crippen molar-refractivity contribution >= 4 is 33.0 Å². The number of sulfonamides is 1. The van der Waals surface area contributed by atoms with Gasteiger partial charge in [-0.1, -0.05) is 0 Å². The lowest BCUT2D eigenvalue weighted by Gasteiger charge is -2.31. The lowest BCUT2D eigenvalue weighted by molar-refractivity contribution is -0.137. The van der Waals surface area contributed by atoms with Crippen molar-refractivity contribution < 1.29 is 26.7 Å². The van der Waals surface area contributed by atoms with Gasteiger partial charge in [0.2, 0.25) is 21.7 Å². The molecule has 0 amide bonds. The number of thiophene rings is 1. The standard InChI is InChI=1S/C23H26F3N7O3S2/c1-22(2,34)10-19-17(27-3)9-18(37-19)20-16(23(24,25)26)12-28-21(31-20)30-14-5-7-33(8-6-14)38(35,36)15-11-29-32(4)13-15/h9,11-14,34H,5-8,10H2,1-2,4H3,(H,28,30,31). The van der Waals surface area contributed by atoms with E-state index in [1.54, 1.807) is 20.9 Å². The van der Waals surface area contributed by atoms with Gasteiger partial charge < -0.3 is 10.4 Å². The summed E-state index contributed by atoms with van der Waals surface area (Å²) >= 11 is 0.980. The van der Waals surface area contributed by atoms with Gasteiger partial charge in [-0.2, -0.15) is 33.9 Å². The Kier molecular flexibility index (Phi) is 7.54. The highest BCUT2D eigenvalue weighted by molar-refractivity contribution is 7.89. The number of anilines is 1. The summed E-state index contributed by atoms with van der Waals surface area (Å²) in [5, 5.41) is 17.1. The third kappa shape index (κ3) is 6.15. The summed E-state index contributed by atoms with van der Waals surface area (Å²) in [5.41, 5.74) is -2.38. The Labute approximate surface area is 222 Å². The van der Waals surface area contributed by atoms with E-state index in [1.165, 1.54) is 27.4 Å². The van der Waals surface area contributed by atoms with Crippen molar-refractivity contribution in [2.45, 2.75) is 55.8 Å². The summed E-state index contributed by atoms with van der Waals surface area (Å²) in [6, 6.07) is 1.09. The smallest absolute Gasteiger partial charge is 0.390 e. The lowest BCUT2D eigenvalue weighted by Crippen LogP contribution is -2.42. The van der Waals surface area contributed by atoms with E-state index in [9.17, 15) is 26.7 Å².